The lowest BCUT2D eigenvalue weighted by Gasteiger charge is -2.21. The minimum absolute atomic E-state index is 0.342. The second kappa shape index (κ2) is 10.5. The first-order chi connectivity index (χ1) is 14.7. The molecule has 0 aliphatic carbocycles. The van der Waals surface area contributed by atoms with Crippen molar-refractivity contribution < 1.29 is 19.1 Å². The molecule has 7 heteroatoms. The van der Waals surface area contributed by atoms with E-state index in [1.807, 2.05) is 24.3 Å². The molecule has 0 atom stereocenters. The summed E-state index contributed by atoms with van der Waals surface area (Å²) in [7, 11) is 0. The van der Waals surface area contributed by atoms with Crippen molar-refractivity contribution in [2.45, 2.75) is 39.5 Å². The lowest BCUT2D eigenvalue weighted by molar-refractivity contribution is -0.115. The highest BCUT2D eigenvalue weighted by molar-refractivity contribution is 14.1. The Morgan fingerprint density at radius 2 is 1.55 bits per heavy atom. The van der Waals surface area contributed by atoms with Crippen molar-refractivity contribution in [1.29, 1.82) is 0 Å². The lowest BCUT2D eigenvalue weighted by atomic mass is 9.94. The molecule has 0 unspecified atom stereocenters. The normalized spacial score (nSPS) is 15.1. The number of thioether (sulfide) groups is 1. The summed E-state index contributed by atoms with van der Waals surface area (Å²) in [5.41, 5.74) is 3.28. The van der Waals surface area contributed by atoms with E-state index in [-0.39, 0.29) is 11.1 Å². The lowest BCUT2D eigenvalue weighted by Crippen LogP contribution is -2.17. The van der Waals surface area contributed by atoms with Gasteiger partial charge in [-0.05, 0) is 93.2 Å². The van der Waals surface area contributed by atoms with Gasteiger partial charge in [-0.15, -0.1) is 0 Å². The van der Waals surface area contributed by atoms with E-state index in [1.54, 1.807) is 6.08 Å². The topological polar surface area (TPSA) is 64.6 Å². The fraction of sp³-hybridized carbons (Fsp3) is 0.333. The molecule has 3 rings (SSSR count). The summed E-state index contributed by atoms with van der Waals surface area (Å²) in [5, 5.41) is 1.91. The van der Waals surface area contributed by atoms with Gasteiger partial charge in [-0.1, -0.05) is 39.8 Å². The maximum Gasteiger partial charge on any atom is 0.290 e. The molecule has 0 spiro atoms. The van der Waals surface area contributed by atoms with Crippen LogP contribution in [0.15, 0.2) is 41.3 Å². The van der Waals surface area contributed by atoms with Crippen LogP contribution in [0.5, 0.6) is 11.5 Å². The van der Waals surface area contributed by atoms with Crippen LogP contribution in [0.25, 0.3) is 6.08 Å². The maximum absolute atomic E-state index is 11.6. The molecule has 1 aliphatic rings. The number of benzene rings is 2. The molecule has 1 N–H and O–H groups in total. The van der Waals surface area contributed by atoms with Crippen LogP contribution in [0, 0.1) is 3.57 Å². The van der Waals surface area contributed by atoms with E-state index in [9.17, 15) is 9.59 Å². The van der Waals surface area contributed by atoms with Gasteiger partial charge in [-0.3, -0.25) is 14.9 Å². The van der Waals surface area contributed by atoms with E-state index in [4.69, 9.17) is 9.47 Å². The highest BCUT2D eigenvalue weighted by Gasteiger charge is 2.24. The molecule has 1 saturated heterocycles. The third kappa shape index (κ3) is 6.26. The van der Waals surface area contributed by atoms with Gasteiger partial charge in [-0.25, -0.2) is 0 Å². The van der Waals surface area contributed by atoms with E-state index < -0.39 is 0 Å². The molecule has 0 aromatic heterocycles. The minimum Gasteiger partial charge on any atom is -0.490 e. The SMILES string of the molecule is CC(C)c1cc(I)cc(C(C)C)c1OCCOc1ccc(/C=C2\SC(=O)NC2=O)cc1. The van der Waals surface area contributed by atoms with Gasteiger partial charge in [0, 0.05) is 3.57 Å². The summed E-state index contributed by atoms with van der Waals surface area (Å²) >= 11 is 3.27. The number of halogens is 1. The number of hydrogen-bond acceptors (Lipinski definition) is 5. The number of amides is 2. The average Bonchev–Trinajstić information content (AvgIpc) is 3.03. The zero-order chi connectivity index (χ0) is 22.5. The van der Waals surface area contributed by atoms with Gasteiger partial charge < -0.3 is 9.47 Å². The van der Waals surface area contributed by atoms with Crippen LogP contribution in [0.4, 0.5) is 4.79 Å². The van der Waals surface area contributed by atoms with Gasteiger partial charge in [0.25, 0.3) is 11.1 Å². The van der Waals surface area contributed by atoms with Crippen molar-refractivity contribution >= 4 is 51.6 Å². The zero-order valence-corrected chi connectivity index (χ0v) is 21.0. The largest absolute Gasteiger partial charge is 0.490 e. The standard InChI is InChI=1S/C24H26INO4S/c1-14(2)19-12-17(25)13-20(15(3)4)22(19)30-10-9-29-18-7-5-16(6-8-18)11-21-23(27)26-24(28)31-21/h5-8,11-15H,9-10H2,1-4H3,(H,26,27,28)/b21-11-. The molecule has 5 nitrogen and oxygen atoms in total. The Balaban J connectivity index is 1.60. The van der Waals surface area contributed by atoms with Gasteiger partial charge in [-0.2, -0.15) is 0 Å². The molecule has 164 valence electrons. The van der Waals surface area contributed by atoms with Gasteiger partial charge >= 0.3 is 0 Å². The third-order valence-electron chi connectivity index (χ3n) is 4.77. The molecule has 2 aromatic rings. The molecule has 2 amide bonds. The molecule has 1 fully saturated rings. The first-order valence-electron chi connectivity index (χ1n) is 10.2. The van der Waals surface area contributed by atoms with E-state index >= 15 is 0 Å². The van der Waals surface area contributed by atoms with Crippen LogP contribution in [0.3, 0.4) is 0 Å². The van der Waals surface area contributed by atoms with Crippen molar-refractivity contribution in [2.24, 2.45) is 0 Å². The Morgan fingerprint density at radius 3 is 2.06 bits per heavy atom. The zero-order valence-electron chi connectivity index (χ0n) is 18.0. The Bertz CT molecular complexity index is 970. The summed E-state index contributed by atoms with van der Waals surface area (Å²) in [6, 6.07) is 11.8. The summed E-state index contributed by atoms with van der Waals surface area (Å²) in [6.07, 6.45) is 1.69. The number of ether oxygens (including phenoxy) is 2. The molecule has 1 aliphatic heterocycles. The van der Waals surface area contributed by atoms with E-state index in [1.165, 1.54) is 14.7 Å². The van der Waals surface area contributed by atoms with E-state index in [0.717, 1.165) is 28.8 Å². The van der Waals surface area contributed by atoms with E-state index in [0.29, 0.717) is 30.0 Å². The smallest absolute Gasteiger partial charge is 0.290 e. The average molecular weight is 551 g/mol. The van der Waals surface area contributed by atoms with E-state index in [2.05, 4.69) is 67.7 Å². The van der Waals surface area contributed by atoms with Crippen LogP contribution in [-0.2, 0) is 4.79 Å². The molecule has 0 bridgehead atoms. The molecule has 0 radical (unpaired) electrons. The number of imide groups is 1. The Morgan fingerprint density at radius 1 is 0.968 bits per heavy atom. The number of carbonyl (C=O) groups is 2. The van der Waals surface area contributed by atoms with Crippen LogP contribution >= 0.6 is 34.4 Å². The van der Waals surface area contributed by atoms with Crippen molar-refractivity contribution in [1.82, 2.24) is 5.32 Å². The van der Waals surface area contributed by atoms with Crippen molar-refractivity contribution in [2.75, 3.05) is 13.2 Å². The molecule has 1 heterocycles. The van der Waals surface area contributed by atoms with Gasteiger partial charge in [0.1, 0.15) is 24.7 Å². The number of carbonyl (C=O) groups excluding carboxylic acids is 2. The molecular formula is C24H26INO4S. The van der Waals surface area contributed by atoms with Gasteiger partial charge in [0.15, 0.2) is 0 Å². The predicted octanol–water partition coefficient (Wildman–Crippen LogP) is 6.32. The Labute approximate surface area is 201 Å². The quantitative estimate of drug-likeness (QED) is 0.236. The first kappa shape index (κ1) is 23.7. The first-order valence-corrected chi connectivity index (χ1v) is 12.1. The fourth-order valence-electron chi connectivity index (χ4n) is 3.20. The van der Waals surface area contributed by atoms with Crippen LogP contribution in [0.2, 0.25) is 0 Å². The monoisotopic (exact) mass is 551 g/mol. The van der Waals surface area contributed by atoms with Gasteiger partial charge in [0.2, 0.25) is 0 Å². The fourth-order valence-corrected chi connectivity index (χ4v) is 4.55. The predicted molar refractivity (Wildman–Crippen MR) is 134 cm³/mol. The second-order valence-electron chi connectivity index (χ2n) is 7.84. The van der Waals surface area contributed by atoms with Crippen LogP contribution in [-0.4, -0.2) is 24.4 Å². The Kier molecular flexibility index (Phi) is 8.05. The van der Waals surface area contributed by atoms with Gasteiger partial charge in [0.05, 0.1) is 4.91 Å². The molecular weight excluding hydrogens is 525 g/mol. The van der Waals surface area contributed by atoms with Crippen molar-refractivity contribution in [3.05, 3.63) is 61.6 Å². The second-order valence-corrected chi connectivity index (χ2v) is 10.1. The van der Waals surface area contributed by atoms with Crippen LogP contribution in [0.1, 0.15) is 56.2 Å². The Hall–Kier alpha value is -2.00. The highest BCUT2D eigenvalue weighted by atomic mass is 127. The molecule has 31 heavy (non-hydrogen) atoms. The highest BCUT2D eigenvalue weighted by Crippen LogP contribution is 2.36. The van der Waals surface area contributed by atoms with Crippen molar-refractivity contribution in [3.63, 3.8) is 0 Å². The van der Waals surface area contributed by atoms with Crippen LogP contribution < -0.4 is 14.8 Å². The minimum atomic E-state index is -0.357. The number of nitrogens with one attached hydrogen (secondary N) is 1. The number of hydrogen-bond donors (Lipinski definition) is 1. The van der Waals surface area contributed by atoms with Crippen molar-refractivity contribution in [3.8, 4) is 11.5 Å². The summed E-state index contributed by atoms with van der Waals surface area (Å²) in [4.78, 5) is 23.3. The summed E-state index contributed by atoms with van der Waals surface area (Å²) in [6.45, 7) is 9.59. The number of rotatable bonds is 8. The summed E-state index contributed by atoms with van der Waals surface area (Å²) in [5.74, 6) is 2.09. The maximum atomic E-state index is 11.6. The molecule has 2 aromatic carbocycles. The summed E-state index contributed by atoms with van der Waals surface area (Å²) < 4.78 is 13.2. The third-order valence-corrected chi connectivity index (χ3v) is 6.21. The molecule has 0 saturated carbocycles.